The van der Waals surface area contributed by atoms with E-state index in [1.807, 2.05) is 0 Å². The second kappa shape index (κ2) is 5.86. The Labute approximate surface area is 137 Å². The molecular formula is C18H28BrNO. The third-order valence-corrected chi connectivity index (χ3v) is 7.57. The molecule has 2 aliphatic carbocycles. The summed E-state index contributed by atoms with van der Waals surface area (Å²) in [5.41, 5.74) is 0. The Kier molecular flexibility index (Phi) is 4.06. The van der Waals surface area contributed by atoms with Crippen LogP contribution in [0.2, 0.25) is 0 Å². The van der Waals surface area contributed by atoms with Crippen molar-refractivity contribution < 1.29 is 4.79 Å². The van der Waals surface area contributed by atoms with Crippen LogP contribution in [0.5, 0.6) is 0 Å². The van der Waals surface area contributed by atoms with E-state index in [9.17, 15) is 4.79 Å². The number of halogens is 1. The molecule has 2 bridgehead atoms. The number of fused-ring (bicyclic) bond motifs is 3. The van der Waals surface area contributed by atoms with E-state index < -0.39 is 0 Å². The van der Waals surface area contributed by atoms with Gasteiger partial charge < -0.3 is 4.90 Å². The fraction of sp³-hybridized carbons (Fsp3) is 0.944. The molecule has 2 nitrogen and oxygen atoms in total. The standard InChI is InChI=1S/C18H28BrNO/c19-15-10-16-7-8-17(11-15)20(16)18(21)14-6-5-12-3-1-2-4-13(12)9-14/h12-17H,1-11H2. The molecule has 1 amide bonds. The third-order valence-electron chi connectivity index (χ3n) is 6.82. The number of amides is 1. The molecular weight excluding hydrogens is 326 g/mol. The first-order chi connectivity index (χ1) is 10.2. The molecule has 21 heavy (non-hydrogen) atoms. The second-order valence-electron chi connectivity index (χ2n) is 8.01. The van der Waals surface area contributed by atoms with Crippen LogP contribution in [0.4, 0.5) is 0 Å². The maximum atomic E-state index is 13.1. The van der Waals surface area contributed by atoms with Gasteiger partial charge in [0.2, 0.25) is 5.91 Å². The monoisotopic (exact) mass is 353 g/mol. The number of hydrogen-bond donors (Lipinski definition) is 0. The number of nitrogens with zero attached hydrogens (tertiary/aromatic N) is 1. The first-order valence-corrected chi connectivity index (χ1v) is 10.1. The molecule has 2 saturated heterocycles. The number of hydrogen-bond acceptors (Lipinski definition) is 1. The summed E-state index contributed by atoms with van der Waals surface area (Å²) in [6.45, 7) is 0. The minimum atomic E-state index is 0.360. The van der Waals surface area contributed by atoms with Gasteiger partial charge in [0.05, 0.1) is 0 Å². The van der Waals surface area contributed by atoms with Crippen molar-refractivity contribution in [2.45, 2.75) is 87.5 Å². The van der Waals surface area contributed by atoms with Gasteiger partial charge in [0.1, 0.15) is 0 Å². The quantitative estimate of drug-likeness (QED) is 0.635. The van der Waals surface area contributed by atoms with Crippen LogP contribution in [0.15, 0.2) is 0 Å². The zero-order valence-corrected chi connectivity index (χ0v) is 14.6. The smallest absolute Gasteiger partial charge is 0.226 e. The van der Waals surface area contributed by atoms with Crippen molar-refractivity contribution in [3.8, 4) is 0 Å². The molecule has 4 fully saturated rings. The van der Waals surface area contributed by atoms with Crippen molar-refractivity contribution in [1.82, 2.24) is 4.90 Å². The second-order valence-corrected chi connectivity index (χ2v) is 9.31. The first kappa shape index (κ1) is 14.5. The molecule has 5 atom stereocenters. The zero-order chi connectivity index (χ0) is 14.4. The summed E-state index contributed by atoms with van der Waals surface area (Å²) in [5, 5.41) is 0. The predicted molar refractivity (Wildman–Crippen MR) is 88.4 cm³/mol. The molecule has 2 aliphatic heterocycles. The molecule has 3 heteroatoms. The van der Waals surface area contributed by atoms with E-state index in [2.05, 4.69) is 20.8 Å². The van der Waals surface area contributed by atoms with Gasteiger partial charge in [-0.1, -0.05) is 41.6 Å². The van der Waals surface area contributed by atoms with E-state index >= 15 is 0 Å². The Bertz CT molecular complexity index is 398. The van der Waals surface area contributed by atoms with E-state index in [0.29, 0.717) is 28.7 Å². The maximum absolute atomic E-state index is 13.1. The van der Waals surface area contributed by atoms with Crippen LogP contribution in [-0.4, -0.2) is 27.7 Å². The summed E-state index contributed by atoms with van der Waals surface area (Å²) >= 11 is 3.79. The SMILES string of the molecule is O=C(C1CCC2CCCCC2C1)N1C2CCC1CC(Br)C2. The molecule has 0 aromatic rings. The first-order valence-electron chi connectivity index (χ1n) is 9.18. The van der Waals surface area contributed by atoms with E-state index in [1.54, 1.807) is 0 Å². The molecule has 0 spiro atoms. The predicted octanol–water partition coefficient (Wildman–Crippen LogP) is 4.51. The Hall–Kier alpha value is -0.0500. The number of alkyl halides is 1. The lowest BCUT2D eigenvalue weighted by Crippen LogP contribution is -2.50. The Morgan fingerprint density at radius 3 is 2.19 bits per heavy atom. The van der Waals surface area contributed by atoms with Crippen LogP contribution in [0.1, 0.15) is 70.6 Å². The lowest BCUT2D eigenvalue weighted by atomic mass is 9.67. The van der Waals surface area contributed by atoms with Gasteiger partial charge in [0, 0.05) is 22.8 Å². The summed E-state index contributed by atoms with van der Waals surface area (Å²) in [7, 11) is 0. The molecule has 4 aliphatic rings. The molecule has 118 valence electrons. The van der Waals surface area contributed by atoms with Crippen molar-refractivity contribution in [3.05, 3.63) is 0 Å². The van der Waals surface area contributed by atoms with Gasteiger partial charge in [0.25, 0.3) is 0 Å². The molecule has 4 rings (SSSR count). The third kappa shape index (κ3) is 2.68. The highest BCUT2D eigenvalue weighted by molar-refractivity contribution is 9.09. The van der Waals surface area contributed by atoms with Gasteiger partial charge in [0.15, 0.2) is 0 Å². The number of rotatable bonds is 1. The summed E-state index contributed by atoms with van der Waals surface area (Å²) in [5.74, 6) is 2.71. The summed E-state index contributed by atoms with van der Waals surface area (Å²) in [6, 6.07) is 1.09. The van der Waals surface area contributed by atoms with Crippen molar-refractivity contribution >= 4 is 21.8 Å². The Morgan fingerprint density at radius 1 is 0.810 bits per heavy atom. The Balaban J connectivity index is 1.43. The zero-order valence-electron chi connectivity index (χ0n) is 13.0. The summed E-state index contributed by atoms with van der Waals surface area (Å²) in [4.78, 5) is 16.1. The highest BCUT2D eigenvalue weighted by Gasteiger charge is 2.45. The van der Waals surface area contributed by atoms with Crippen LogP contribution in [0.25, 0.3) is 0 Å². The van der Waals surface area contributed by atoms with Gasteiger partial charge in [-0.15, -0.1) is 0 Å². The highest BCUT2D eigenvalue weighted by Crippen LogP contribution is 2.45. The van der Waals surface area contributed by atoms with Crippen molar-refractivity contribution in [3.63, 3.8) is 0 Å². The van der Waals surface area contributed by atoms with Crippen LogP contribution >= 0.6 is 15.9 Å². The average molecular weight is 354 g/mol. The molecule has 2 heterocycles. The minimum Gasteiger partial charge on any atom is -0.336 e. The Morgan fingerprint density at radius 2 is 1.48 bits per heavy atom. The number of carbonyl (C=O) groups excluding carboxylic acids is 1. The summed E-state index contributed by atoms with van der Waals surface area (Å²) < 4.78 is 0. The van der Waals surface area contributed by atoms with Crippen molar-refractivity contribution in [2.24, 2.45) is 17.8 Å². The largest absolute Gasteiger partial charge is 0.336 e. The molecule has 2 saturated carbocycles. The minimum absolute atomic E-state index is 0.360. The van der Waals surface area contributed by atoms with Gasteiger partial charge >= 0.3 is 0 Å². The molecule has 5 unspecified atom stereocenters. The van der Waals surface area contributed by atoms with Crippen molar-refractivity contribution in [2.75, 3.05) is 0 Å². The molecule has 0 radical (unpaired) electrons. The normalized spacial score (nSPS) is 46.2. The van der Waals surface area contributed by atoms with Crippen molar-refractivity contribution in [1.29, 1.82) is 0 Å². The lowest BCUT2D eigenvalue weighted by molar-refractivity contribution is -0.142. The van der Waals surface area contributed by atoms with E-state index in [0.717, 1.165) is 11.8 Å². The fourth-order valence-corrected chi connectivity index (χ4v) is 6.64. The van der Waals surface area contributed by atoms with E-state index in [-0.39, 0.29) is 0 Å². The maximum Gasteiger partial charge on any atom is 0.226 e. The number of carbonyl (C=O) groups is 1. The van der Waals surface area contributed by atoms with Gasteiger partial charge in [-0.3, -0.25) is 4.79 Å². The highest BCUT2D eigenvalue weighted by atomic mass is 79.9. The topological polar surface area (TPSA) is 20.3 Å². The van der Waals surface area contributed by atoms with Crippen LogP contribution < -0.4 is 0 Å². The average Bonchev–Trinajstić information content (AvgIpc) is 2.78. The number of piperidine rings is 1. The van der Waals surface area contributed by atoms with Crippen LogP contribution in [0, 0.1) is 17.8 Å². The van der Waals surface area contributed by atoms with E-state index in [1.165, 1.54) is 70.6 Å². The fourth-order valence-electron chi connectivity index (χ4n) is 5.78. The van der Waals surface area contributed by atoms with Gasteiger partial charge in [-0.2, -0.15) is 0 Å². The van der Waals surface area contributed by atoms with Gasteiger partial charge in [-0.25, -0.2) is 0 Å². The molecule has 0 aromatic heterocycles. The molecule has 0 aromatic carbocycles. The summed E-state index contributed by atoms with van der Waals surface area (Å²) in [6.07, 6.45) is 14.2. The molecule has 0 N–H and O–H groups in total. The van der Waals surface area contributed by atoms with E-state index in [4.69, 9.17) is 0 Å². The van der Waals surface area contributed by atoms with Crippen LogP contribution in [-0.2, 0) is 4.79 Å². The van der Waals surface area contributed by atoms with Crippen LogP contribution in [0.3, 0.4) is 0 Å². The van der Waals surface area contributed by atoms with Gasteiger partial charge in [-0.05, 0) is 56.8 Å². The lowest BCUT2D eigenvalue weighted by Gasteiger charge is -2.43.